The largest absolute Gasteiger partial charge is 0.497 e. The zero-order valence-electron chi connectivity index (χ0n) is 21.5. The molecule has 1 aliphatic heterocycles. The summed E-state index contributed by atoms with van der Waals surface area (Å²) in [6.45, 7) is -0.0202. The minimum Gasteiger partial charge on any atom is -0.497 e. The monoisotopic (exact) mass is 529 g/mol. The molecular formula is C26H26F3N5O4. The standard InChI is InChI=1S/C26H26F3N5O4/c1-31(2)23(35)15-6-8-16(9-7-15)33-13-12-18-21(25(33)37)34(30-22(18)26(27,28)29)20-11-10-17(38-5)14-19(20)24(36)32(3)4/h6-11,14H,12-13H2,1-5H3. The molecule has 2 heterocycles. The maximum atomic E-state index is 14.0. The SMILES string of the molecule is COc1ccc(-n2nc(C(F)(F)F)c3c2C(=O)N(c2ccc(C(=O)N(C)C)cc2)CC3)c(C(=O)N(C)C)c1. The molecule has 3 amide bonds. The van der Waals surface area contributed by atoms with E-state index < -0.39 is 23.7 Å². The number of anilines is 1. The van der Waals surface area contributed by atoms with Gasteiger partial charge in [-0.3, -0.25) is 14.4 Å². The van der Waals surface area contributed by atoms with Crippen LogP contribution in [0.15, 0.2) is 42.5 Å². The molecule has 0 saturated heterocycles. The molecule has 1 aromatic heterocycles. The van der Waals surface area contributed by atoms with Gasteiger partial charge >= 0.3 is 6.18 Å². The Labute approximate surface area is 217 Å². The fourth-order valence-electron chi connectivity index (χ4n) is 4.29. The molecule has 4 rings (SSSR count). The summed E-state index contributed by atoms with van der Waals surface area (Å²) in [6.07, 6.45) is -4.93. The minimum atomic E-state index is -4.82. The zero-order valence-corrected chi connectivity index (χ0v) is 21.5. The van der Waals surface area contributed by atoms with Crippen LogP contribution < -0.4 is 9.64 Å². The Bertz CT molecular complexity index is 1410. The number of carbonyl (C=O) groups is 3. The maximum Gasteiger partial charge on any atom is 0.435 e. The lowest BCUT2D eigenvalue weighted by Gasteiger charge is -2.28. The molecule has 0 N–H and O–H groups in total. The van der Waals surface area contributed by atoms with Gasteiger partial charge < -0.3 is 19.4 Å². The van der Waals surface area contributed by atoms with Crippen molar-refractivity contribution in [2.75, 3.05) is 46.7 Å². The van der Waals surface area contributed by atoms with Crippen molar-refractivity contribution >= 4 is 23.4 Å². The number of nitrogens with zero attached hydrogens (tertiary/aromatic N) is 5. The van der Waals surface area contributed by atoms with Crippen molar-refractivity contribution in [3.8, 4) is 11.4 Å². The fourth-order valence-corrected chi connectivity index (χ4v) is 4.29. The highest BCUT2D eigenvalue weighted by Gasteiger charge is 2.43. The number of aromatic nitrogens is 2. The van der Waals surface area contributed by atoms with Gasteiger partial charge in [-0.05, 0) is 48.9 Å². The van der Waals surface area contributed by atoms with E-state index in [9.17, 15) is 27.6 Å². The summed E-state index contributed by atoms with van der Waals surface area (Å²) in [5.74, 6) is -1.12. The lowest BCUT2D eigenvalue weighted by Crippen LogP contribution is -2.39. The number of hydrogen-bond acceptors (Lipinski definition) is 5. The van der Waals surface area contributed by atoms with Gasteiger partial charge in [0.05, 0.1) is 18.4 Å². The smallest absolute Gasteiger partial charge is 0.435 e. The molecule has 200 valence electrons. The maximum absolute atomic E-state index is 14.0. The van der Waals surface area contributed by atoms with Crippen LogP contribution >= 0.6 is 0 Å². The van der Waals surface area contributed by atoms with Crippen molar-refractivity contribution in [2.24, 2.45) is 0 Å². The average molecular weight is 530 g/mol. The Morgan fingerprint density at radius 3 is 2.16 bits per heavy atom. The van der Waals surface area contributed by atoms with Gasteiger partial charge in [0.15, 0.2) is 5.69 Å². The van der Waals surface area contributed by atoms with E-state index in [0.717, 1.165) is 4.68 Å². The number of ether oxygens (including phenoxy) is 1. The predicted molar refractivity (Wildman–Crippen MR) is 133 cm³/mol. The molecule has 0 saturated carbocycles. The second kappa shape index (κ2) is 9.84. The molecule has 38 heavy (non-hydrogen) atoms. The Morgan fingerprint density at radius 1 is 0.974 bits per heavy atom. The van der Waals surface area contributed by atoms with Crippen molar-refractivity contribution in [3.05, 3.63) is 70.5 Å². The summed E-state index contributed by atoms with van der Waals surface area (Å²) in [5, 5.41) is 3.81. The molecule has 3 aromatic rings. The molecule has 1 aliphatic rings. The van der Waals surface area contributed by atoms with Crippen LogP contribution in [-0.4, -0.2) is 79.1 Å². The van der Waals surface area contributed by atoms with Crippen LogP contribution in [0.2, 0.25) is 0 Å². The predicted octanol–water partition coefficient (Wildman–Crippen LogP) is 3.51. The van der Waals surface area contributed by atoms with Crippen LogP contribution in [0.5, 0.6) is 5.75 Å². The third kappa shape index (κ3) is 4.69. The lowest BCUT2D eigenvalue weighted by molar-refractivity contribution is -0.141. The highest BCUT2D eigenvalue weighted by molar-refractivity contribution is 6.08. The zero-order chi connectivity index (χ0) is 27.9. The number of carbonyl (C=O) groups excluding carboxylic acids is 3. The van der Waals surface area contributed by atoms with Gasteiger partial charge in [0, 0.05) is 51.5 Å². The first kappa shape index (κ1) is 26.7. The van der Waals surface area contributed by atoms with E-state index in [2.05, 4.69) is 5.10 Å². The molecule has 0 radical (unpaired) electrons. The minimum absolute atomic E-state index is 0.0124. The number of alkyl halides is 3. The van der Waals surface area contributed by atoms with E-state index >= 15 is 0 Å². The van der Waals surface area contributed by atoms with Crippen LogP contribution in [0.3, 0.4) is 0 Å². The van der Waals surface area contributed by atoms with Crippen molar-refractivity contribution in [1.29, 1.82) is 0 Å². The van der Waals surface area contributed by atoms with Gasteiger partial charge in [-0.1, -0.05) is 0 Å². The second-order valence-corrected chi connectivity index (χ2v) is 9.12. The summed E-state index contributed by atoms with van der Waals surface area (Å²) in [6, 6.07) is 10.5. The van der Waals surface area contributed by atoms with Gasteiger partial charge in [-0.15, -0.1) is 0 Å². The van der Waals surface area contributed by atoms with Gasteiger partial charge in [0.1, 0.15) is 11.4 Å². The fraction of sp³-hybridized carbons (Fsp3) is 0.308. The van der Waals surface area contributed by atoms with Crippen LogP contribution in [0.25, 0.3) is 5.69 Å². The molecule has 0 unspecified atom stereocenters. The lowest BCUT2D eigenvalue weighted by atomic mass is 10.0. The molecule has 2 aromatic carbocycles. The number of halogens is 3. The number of amides is 3. The molecule has 0 spiro atoms. The van der Waals surface area contributed by atoms with Crippen LogP contribution in [0.4, 0.5) is 18.9 Å². The quantitative estimate of drug-likeness (QED) is 0.505. The number of benzene rings is 2. The molecule has 0 bridgehead atoms. The summed E-state index contributed by atoms with van der Waals surface area (Å²) in [7, 11) is 7.63. The van der Waals surface area contributed by atoms with E-state index in [4.69, 9.17) is 4.74 Å². The van der Waals surface area contributed by atoms with E-state index in [0.29, 0.717) is 17.0 Å². The van der Waals surface area contributed by atoms with Gasteiger partial charge in [0.2, 0.25) is 0 Å². The van der Waals surface area contributed by atoms with Crippen LogP contribution in [0.1, 0.15) is 42.5 Å². The molecular weight excluding hydrogens is 503 g/mol. The Kier molecular flexibility index (Phi) is 6.92. The number of hydrogen-bond donors (Lipinski definition) is 0. The van der Waals surface area contributed by atoms with E-state index in [-0.39, 0.29) is 41.4 Å². The van der Waals surface area contributed by atoms with E-state index in [1.165, 1.54) is 54.1 Å². The summed E-state index contributed by atoms with van der Waals surface area (Å²) >= 11 is 0. The Balaban J connectivity index is 1.87. The second-order valence-electron chi connectivity index (χ2n) is 9.12. The van der Waals surface area contributed by atoms with E-state index in [1.54, 1.807) is 38.4 Å². The number of methoxy groups -OCH3 is 1. The Morgan fingerprint density at radius 2 is 1.61 bits per heavy atom. The van der Waals surface area contributed by atoms with Gasteiger partial charge in [-0.2, -0.15) is 18.3 Å². The molecule has 9 nitrogen and oxygen atoms in total. The summed E-state index contributed by atoms with van der Waals surface area (Å²) in [4.78, 5) is 42.9. The first-order valence-corrected chi connectivity index (χ1v) is 11.6. The Hall–Kier alpha value is -4.35. The van der Waals surface area contributed by atoms with Crippen molar-refractivity contribution in [3.63, 3.8) is 0 Å². The topological polar surface area (TPSA) is 88.0 Å². The van der Waals surface area contributed by atoms with Gasteiger partial charge in [-0.25, -0.2) is 4.68 Å². The first-order valence-electron chi connectivity index (χ1n) is 11.6. The highest BCUT2D eigenvalue weighted by Crippen LogP contribution is 2.38. The highest BCUT2D eigenvalue weighted by atomic mass is 19.4. The summed E-state index contributed by atoms with van der Waals surface area (Å²) in [5.41, 5.74) is -0.850. The average Bonchev–Trinajstić information content (AvgIpc) is 3.28. The van der Waals surface area contributed by atoms with Crippen LogP contribution in [0, 0.1) is 0 Å². The van der Waals surface area contributed by atoms with Crippen molar-refractivity contribution in [2.45, 2.75) is 12.6 Å². The number of rotatable bonds is 5. The molecule has 0 aliphatic carbocycles. The third-order valence-corrected chi connectivity index (χ3v) is 6.19. The molecule has 0 fully saturated rings. The van der Waals surface area contributed by atoms with Crippen molar-refractivity contribution in [1.82, 2.24) is 19.6 Å². The normalized spacial score (nSPS) is 13.3. The molecule has 12 heteroatoms. The van der Waals surface area contributed by atoms with Crippen molar-refractivity contribution < 1.29 is 32.3 Å². The number of fused-ring (bicyclic) bond motifs is 1. The molecule has 0 atom stereocenters. The first-order chi connectivity index (χ1) is 17.8. The summed E-state index contributed by atoms with van der Waals surface area (Å²) < 4.78 is 48.1. The van der Waals surface area contributed by atoms with E-state index in [1.807, 2.05) is 0 Å². The third-order valence-electron chi connectivity index (χ3n) is 6.19. The van der Waals surface area contributed by atoms with Gasteiger partial charge in [0.25, 0.3) is 17.7 Å². The van der Waals surface area contributed by atoms with Crippen LogP contribution in [-0.2, 0) is 12.6 Å².